The molecule has 1 aromatic carbocycles. The molecular formula is C15H17Cl2N3O. The Balaban J connectivity index is 2.39. The van der Waals surface area contributed by atoms with E-state index in [1.165, 1.54) is 6.20 Å². The van der Waals surface area contributed by atoms with Crippen LogP contribution in [0.15, 0.2) is 24.4 Å². The number of benzene rings is 1. The molecule has 0 bridgehead atoms. The van der Waals surface area contributed by atoms with Crippen LogP contribution in [0.4, 0.5) is 0 Å². The van der Waals surface area contributed by atoms with E-state index in [1.54, 1.807) is 16.8 Å². The first kappa shape index (κ1) is 16.0. The normalized spacial score (nSPS) is 11.1. The van der Waals surface area contributed by atoms with Crippen molar-refractivity contribution >= 4 is 29.0 Å². The van der Waals surface area contributed by atoms with Gasteiger partial charge in [-0.15, -0.1) is 0 Å². The molecule has 21 heavy (non-hydrogen) atoms. The van der Waals surface area contributed by atoms with Crippen LogP contribution >= 0.6 is 23.2 Å². The van der Waals surface area contributed by atoms with Gasteiger partial charge in [0.2, 0.25) is 5.78 Å². The Bertz CT molecular complexity index is 665. The minimum atomic E-state index is -0.156. The van der Waals surface area contributed by atoms with E-state index in [4.69, 9.17) is 23.2 Å². The standard InChI is InChI=1S/C15H17Cl2N3O/c1-10-4-5-11(16)8-12(10)15(21)14-13(17)9-18-20(14)7-6-19(2)3/h4-5,8-9H,6-7H2,1-3H3. The molecule has 0 aliphatic heterocycles. The van der Waals surface area contributed by atoms with Gasteiger partial charge < -0.3 is 4.90 Å². The van der Waals surface area contributed by atoms with Gasteiger partial charge in [-0.2, -0.15) is 5.10 Å². The van der Waals surface area contributed by atoms with E-state index < -0.39 is 0 Å². The summed E-state index contributed by atoms with van der Waals surface area (Å²) in [5.74, 6) is -0.156. The van der Waals surface area contributed by atoms with Gasteiger partial charge in [-0.25, -0.2) is 0 Å². The molecule has 0 radical (unpaired) electrons. The smallest absolute Gasteiger partial charge is 0.212 e. The molecule has 0 saturated carbocycles. The molecule has 0 unspecified atom stereocenters. The molecular weight excluding hydrogens is 309 g/mol. The summed E-state index contributed by atoms with van der Waals surface area (Å²) in [6, 6.07) is 5.25. The first-order chi connectivity index (χ1) is 9.90. The number of ketones is 1. The van der Waals surface area contributed by atoms with Gasteiger partial charge in [-0.05, 0) is 38.7 Å². The molecule has 0 aliphatic rings. The van der Waals surface area contributed by atoms with Crippen LogP contribution in [-0.2, 0) is 6.54 Å². The van der Waals surface area contributed by atoms with Crippen LogP contribution in [0.3, 0.4) is 0 Å². The number of hydrogen-bond donors (Lipinski definition) is 0. The van der Waals surface area contributed by atoms with Gasteiger partial charge in [0, 0.05) is 17.1 Å². The van der Waals surface area contributed by atoms with Crippen LogP contribution in [0.1, 0.15) is 21.6 Å². The lowest BCUT2D eigenvalue weighted by Gasteiger charge is -2.12. The van der Waals surface area contributed by atoms with Gasteiger partial charge in [-0.1, -0.05) is 29.3 Å². The molecule has 112 valence electrons. The largest absolute Gasteiger partial charge is 0.308 e. The van der Waals surface area contributed by atoms with Gasteiger partial charge in [0.15, 0.2) is 0 Å². The number of carbonyl (C=O) groups is 1. The maximum absolute atomic E-state index is 12.7. The van der Waals surface area contributed by atoms with E-state index in [1.807, 2.05) is 32.0 Å². The average Bonchev–Trinajstić information content (AvgIpc) is 2.79. The Morgan fingerprint density at radius 1 is 1.33 bits per heavy atom. The summed E-state index contributed by atoms with van der Waals surface area (Å²) >= 11 is 12.1. The highest BCUT2D eigenvalue weighted by molar-refractivity contribution is 6.35. The fourth-order valence-corrected chi connectivity index (χ4v) is 2.42. The molecule has 0 atom stereocenters. The van der Waals surface area contributed by atoms with Gasteiger partial charge in [0.1, 0.15) is 5.69 Å². The lowest BCUT2D eigenvalue weighted by molar-refractivity contribution is 0.102. The minimum absolute atomic E-state index is 0.156. The summed E-state index contributed by atoms with van der Waals surface area (Å²) < 4.78 is 1.64. The van der Waals surface area contributed by atoms with Gasteiger partial charge in [0.25, 0.3) is 0 Å². The summed E-state index contributed by atoms with van der Waals surface area (Å²) in [6.07, 6.45) is 1.50. The Kier molecular flexibility index (Phi) is 5.04. The van der Waals surface area contributed by atoms with Crippen molar-refractivity contribution in [1.29, 1.82) is 0 Å². The van der Waals surface area contributed by atoms with Crippen molar-refractivity contribution in [3.63, 3.8) is 0 Å². The highest BCUT2D eigenvalue weighted by Gasteiger charge is 2.21. The molecule has 0 fully saturated rings. The molecule has 2 rings (SSSR count). The summed E-state index contributed by atoms with van der Waals surface area (Å²) in [4.78, 5) is 14.8. The molecule has 0 N–H and O–H groups in total. The van der Waals surface area contributed by atoms with Crippen molar-refractivity contribution in [3.8, 4) is 0 Å². The summed E-state index contributed by atoms with van der Waals surface area (Å²) in [6.45, 7) is 3.24. The average molecular weight is 326 g/mol. The number of rotatable bonds is 5. The second kappa shape index (κ2) is 6.60. The number of aryl methyl sites for hydroxylation is 1. The molecule has 0 aliphatic carbocycles. The second-order valence-corrected chi connectivity index (χ2v) is 6.00. The number of likely N-dealkylation sites (N-methyl/N-ethyl adjacent to an activating group) is 1. The van der Waals surface area contributed by atoms with E-state index in [0.717, 1.165) is 12.1 Å². The number of aromatic nitrogens is 2. The van der Waals surface area contributed by atoms with Crippen molar-refractivity contribution in [3.05, 3.63) is 51.3 Å². The minimum Gasteiger partial charge on any atom is -0.308 e. The van der Waals surface area contributed by atoms with E-state index in [-0.39, 0.29) is 5.78 Å². The van der Waals surface area contributed by atoms with Crippen molar-refractivity contribution in [2.24, 2.45) is 0 Å². The third-order valence-electron chi connectivity index (χ3n) is 3.21. The zero-order valence-corrected chi connectivity index (χ0v) is 13.7. The van der Waals surface area contributed by atoms with Crippen molar-refractivity contribution in [1.82, 2.24) is 14.7 Å². The molecule has 2 aromatic rings. The zero-order valence-electron chi connectivity index (χ0n) is 12.2. The van der Waals surface area contributed by atoms with Crippen molar-refractivity contribution in [2.45, 2.75) is 13.5 Å². The van der Waals surface area contributed by atoms with Crippen LogP contribution in [-0.4, -0.2) is 41.1 Å². The number of carbonyl (C=O) groups excluding carboxylic acids is 1. The summed E-state index contributed by atoms with van der Waals surface area (Å²) in [5, 5.41) is 5.08. The fourth-order valence-electron chi connectivity index (χ4n) is 2.02. The van der Waals surface area contributed by atoms with Gasteiger partial charge >= 0.3 is 0 Å². The fraction of sp³-hybridized carbons (Fsp3) is 0.333. The maximum atomic E-state index is 12.7. The van der Waals surface area contributed by atoms with E-state index in [2.05, 4.69) is 5.10 Å². The first-order valence-electron chi connectivity index (χ1n) is 6.57. The SMILES string of the molecule is Cc1ccc(Cl)cc1C(=O)c1c(Cl)cnn1CCN(C)C. The third kappa shape index (κ3) is 3.64. The lowest BCUT2D eigenvalue weighted by Crippen LogP contribution is -2.22. The molecule has 0 spiro atoms. The summed E-state index contributed by atoms with van der Waals surface area (Å²) in [7, 11) is 3.93. The van der Waals surface area contributed by atoms with Crippen molar-refractivity contribution < 1.29 is 4.79 Å². The monoisotopic (exact) mass is 325 g/mol. The van der Waals surface area contributed by atoms with E-state index in [9.17, 15) is 4.79 Å². The number of hydrogen-bond acceptors (Lipinski definition) is 3. The van der Waals surface area contributed by atoms with E-state index >= 15 is 0 Å². The third-order valence-corrected chi connectivity index (χ3v) is 3.72. The van der Waals surface area contributed by atoms with Crippen LogP contribution in [0, 0.1) is 6.92 Å². The van der Waals surface area contributed by atoms with E-state index in [0.29, 0.717) is 27.8 Å². The second-order valence-electron chi connectivity index (χ2n) is 5.16. The van der Waals surface area contributed by atoms with Crippen molar-refractivity contribution in [2.75, 3.05) is 20.6 Å². The van der Waals surface area contributed by atoms with Crippen LogP contribution < -0.4 is 0 Å². The van der Waals surface area contributed by atoms with Crippen LogP contribution in [0.25, 0.3) is 0 Å². The highest BCUT2D eigenvalue weighted by atomic mass is 35.5. The summed E-state index contributed by atoms with van der Waals surface area (Å²) in [5.41, 5.74) is 1.82. The first-order valence-corrected chi connectivity index (χ1v) is 7.32. The predicted molar refractivity (Wildman–Crippen MR) is 85.4 cm³/mol. The quantitative estimate of drug-likeness (QED) is 0.792. The molecule has 1 heterocycles. The molecule has 1 aromatic heterocycles. The Labute approximate surface area is 134 Å². The van der Waals surface area contributed by atoms with Crippen LogP contribution in [0.2, 0.25) is 10.0 Å². The highest BCUT2D eigenvalue weighted by Crippen LogP contribution is 2.23. The van der Waals surface area contributed by atoms with Crippen LogP contribution in [0.5, 0.6) is 0 Å². The Morgan fingerprint density at radius 2 is 2.05 bits per heavy atom. The molecule has 0 amide bonds. The maximum Gasteiger partial charge on any atom is 0.212 e. The number of nitrogens with zero attached hydrogens (tertiary/aromatic N) is 3. The Morgan fingerprint density at radius 3 is 2.71 bits per heavy atom. The molecule has 4 nitrogen and oxygen atoms in total. The molecule has 6 heteroatoms. The zero-order chi connectivity index (χ0) is 15.6. The van der Waals surface area contributed by atoms with Gasteiger partial charge in [-0.3, -0.25) is 9.48 Å². The number of halogens is 2. The predicted octanol–water partition coefficient (Wildman–Crippen LogP) is 3.29. The lowest BCUT2D eigenvalue weighted by atomic mass is 10.0. The molecule has 0 saturated heterocycles. The van der Waals surface area contributed by atoms with Gasteiger partial charge in [0.05, 0.1) is 17.8 Å². The topological polar surface area (TPSA) is 38.1 Å². The Hall–Kier alpha value is -1.36.